The molecule has 1 amide bonds. The summed E-state index contributed by atoms with van der Waals surface area (Å²) in [5, 5.41) is 0. The van der Waals surface area contributed by atoms with Gasteiger partial charge in [-0.1, -0.05) is 11.8 Å². The molecule has 4 heteroatoms. The molecular formula is C13H16N2OS. The van der Waals surface area contributed by atoms with Crippen molar-refractivity contribution in [2.24, 2.45) is 5.73 Å². The van der Waals surface area contributed by atoms with Gasteiger partial charge in [0, 0.05) is 12.6 Å². The third-order valence-electron chi connectivity index (χ3n) is 2.94. The van der Waals surface area contributed by atoms with E-state index in [1.807, 2.05) is 17.0 Å². The van der Waals surface area contributed by atoms with Crippen molar-refractivity contribution >= 4 is 17.2 Å². The quantitative estimate of drug-likeness (QED) is 0.769. The lowest BCUT2D eigenvalue weighted by molar-refractivity contribution is 0.0752. The molecular weight excluding hydrogens is 232 g/mol. The van der Waals surface area contributed by atoms with Gasteiger partial charge in [0.15, 0.2) is 0 Å². The standard InChI is InChI=1S/C13H16N2OS/c1-10-4-3-9-15(10)13(16)12-7-6-11(17-12)5-2-8-14/h6-7,10H,3-4,8-9,14H2,1H3. The van der Waals surface area contributed by atoms with Crippen molar-refractivity contribution in [3.05, 3.63) is 21.9 Å². The van der Waals surface area contributed by atoms with Crippen molar-refractivity contribution < 1.29 is 4.79 Å². The van der Waals surface area contributed by atoms with Crippen LogP contribution >= 0.6 is 11.3 Å². The van der Waals surface area contributed by atoms with E-state index in [-0.39, 0.29) is 5.91 Å². The maximum absolute atomic E-state index is 12.2. The minimum atomic E-state index is 0.140. The van der Waals surface area contributed by atoms with Crippen LogP contribution in [0.1, 0.15) is 34.3 Å². The highest BCUT2D eigenvalue weighted by atomic mass is 32.1. The second-order valence-corrected chi connectivity index (χ2v) is 5.24. The first-order valence-corrected chi connectivity index (χ1v) is 6.63. The molecule has 1 unspecified atom stereocenters. The fourth-order valence-corrected chi connectivity index (χ4v) is 2.87. The Kier molecular flexibility index (Phi) is 3.82. The van der Waals surface area contributed by atoms with Gasteiger partial charge in [-0.15, -0.1) is 11.3 Å². The summed E-state index contributed by atoms with van der Waals surface area (Å²) in [5.41, 5.74) is 5.32. The van der Waals surface area contributed by atoms with Crippen LogP contribution in [0.2, 0.25) is 0 Å². The van der Waals surface area contributed by atoms with Crippen molar-refractivity contribution in [3.63, 3.8) is 0 Å². The molecule has 90 valence electrons. The van der Waals surface area contributed by atoms with Gasteiger partial charge < -0.3 is 10.6 Å². The van der Waals surface area contributed by atoms with E-state index in [0.717, 1.165) is 29.1 Å². The molecule has 1 aromatic heterocycles. The minimum Gasteiger partial charge on any atom is -0.335 e. The lowest BCUT2D eigenvalue weighted by Gasteiger charge is -2.20. The summed E-state index contributed by atoms with van der Waals surface area (Å²) in [6, 6.07) is 4.11. The molecule has 0 bridgehead atoms. The smallest absolute Gasteiger partial charge is 0.264 e. The minimum absolute atomic E-state index is 0.140. The first-order chi connectivity index (χ1) is 8.22. The zero-order valence-electron chi connectivity index (χ0n) is 9.90. The van der Waals surface area contributed by atoms with Gasteiger partial charge in [0.25, 0.3) is 5.91 Å². The second-order valence-electron chi connectivity index (χ2n) is 4.16. The lowest BCUT2D eigenvalue weighted by atomic mass is 10.2. The van der Waals surface area contributed by atoms with E-state index in [9.17, 15) is 4.79 Å². The molecule has 1 aliphatic rings. The van der Waals surface area contributed by atoms with Crippen LogP contribution in [-0.2, 0) is 0 Å². The number of rotatable bonds is 1. The fourth-order valence-electron chi connectivity index (χ4n) is 2.03. The Hall–Kier alpha value is -1.31. The van der Waals surface area contributed by atoms with Crippen LogP contribution in [0.15, 0.2) is 12.1 Å². The Morgan fingerprint density at radius 2 is 2.47 bits per heavy atom. The molecule has 2 heterocycles. The average Bonchev–Trinajstić information content (AvgIpc) is 2.94. The fraction of sp³-hybridized carbons (Fsp3) is 0.462. The van der Waals surface area contributed by atoms with Crippen LogP contribution in [0.3, 0.4) is 0 Å². The molecule has 0 aromatic carbocycles. The van der Waals surface area contributed by atoms with Crippen LogP contribution in [0.25, 0.3) is 0 Å². The second kappa shape index (κ2) is 5.35. The molecule has 0 spiro atoms. The zero-order valence-corrected chi connectivity index (χ0v) is 10.7. The van der Waals surface area contributed by atoms with Crippen LogP contribution in [0, 0.1) is 11.8 Å². The first kappa shape index (κ1) is 12.2. The summed E-state index contributed by atoms with van der Waals surface area (Å²) < 4.78 is 0. The van der Waals surface area contributed by atoms with Crippen molar-refractivity contribution in [3.8, 4) is 11.8 Å². The van der Waals surface area contributed by atoms with Crippen LogP contribution in [-0.4, -0.2) is 29.9 Å². The summed E-state index contributed by atoms with van der Waals surface area (Å²) in [6.45, 7) is 3.33. The highest BCUT2D eigenvalue weighted by Crippen LogP contribution is 2.23. The van der Waals surface area contributed by atoms with Gasteiger partial charge in [-0.3, -0.25) is 4.79 Å². The third-order valence-corrected chi connectivity index (χ3v) is 3.93. The van der Waals surface area contributed by atoms with Gasteiger partial charge in [0.05, 0.1) is 16.3 Å². The van der Waals surface area contributed by atoms with Gasteiger partial charge in [-0.2, -0.15) is 0 Å². The topological polar surface area (TPSA) is 46.3 Å². The van der Waals surface area contributed by atoms with Crippen LogP contribution < -0.4 is 5.73 Å². The molecule has 17 heavy (non-hydrogen) atoms. The van der Waals surface area contributed by atoms with E-state index in [0.29, 0.717) is 12.6 Å². The number of likely N-dealkylation sites (tertiary alicyclic amines) is 1. The molecule has 1 fully saturated rings. The molecule has 1 aliphatic heterocycles. The zero-order chi connectivity index (χ0) is 12.3. The third kappa shape index (κ3) is 2.68. The number of hydrogen-bond acceptors (Lipinski definition) is 3. The molecule has 0 radical (unpaired) electrons. The monoisotopic (exact) mass is 248 g/mol. The average molecular weight is 248 g/mol. The predicted molar refractivity (Wildman–Crippen MR) is 70.0 cm³/mol. The molecule has 1 saturated heterocycles. The molecule has 0 saturated carbocycles. The Morgan fingerprint density at radius 3 is 3.12 bits per heavy atom. The van der Waals surface area contributed by atoms with Gasteiger partial charge >= 0.3 is 0 Å². The molecule has 1 aromatic rings. The highest BCUT2D eigenvalue weighted by Gasteiger charge is 2.26. The van der Waals surface area contributed by atoms with Crippen molar-refractivity contribution in [1.29, 1.82) is 0 Å². The Morgan fingerprint density at radius 1 is 1.65 bits per heavy atom. The Bertz CT molecular complexity index is 469. The summed E-state index contributed by atoms with van der Waals surface area (Å²) in [7, 11) is 0. The van der Waals surface area contributed by atoms with E-state index in [1.165, 1.54) is 11.3 Å². The number of nitrogens with two attached hydrogens (primary N) is 1. The highest BCUT2D eigenvalue weighted by molar-refractivity contribution is 7.14. The lowest BCUT2D eigenvalue weighted by Crippen LogP contribution is -2.32. The van der Waals surface area contributed by atoms with E-state index in [4.69, 9.17) is 5.73 Å². The summed E-state index contributed by atoms with van der Waals surface area (Å²) in [5.74, 6) is 5.89. The van der Waals surface area contributed by atoms with Crippen LogP contribution in [0.4, 0.5) is 0 Å². The number of nitrogens with zero attached hydrogens (tertiary/aromatic N) is 1. The maximum atomic E-state index is 12.2. The van der Waals surface area contributed by atoms with Crippen molar-refractivity contribution in [2.45, 2.75) is 25.8 Å². The number of carbonyl (C=O) groups excluding carboxylic acids is 1. The molecule has 3 nitrogen and oxygen atoms in total. The largest absolute Gasteiger partial charge is 0.335 e. The van der Waals surface area contributed by atoms with E-state index < -0.39 is 0 Å². The Balaban J connectivity index is 2.12. The van der Waals surface area contributed by atoms with Gasteiger partial charge in [0.1, 0.15) is 0 Å². The molecule has 2 N–H and O–H groups in total. The van der Waals surface area contributed by atoms with E-state index >= 15 is 0 Å². The maximum Gasteiger partial charge on any atom is 0.264 e. The number of thiophene rings is 1. The van der Waals surface area contributed by atoms with Crippen molar-refractivity contribution in [1.82, 2.24) is 4.90 Å². The van der Waals surface area contributed by atoms with Crippen LogP contribution in [0.5, 0.6) is 0 Å². The molecule has 2 rings (SSSR count). The van der Waals surface area contributed by atoms with Crippen molar-refractivity contribution in [2.75, 3.05) is 13.1 Å². The normalized spacial score (nSPS) is 18.9. The summed E-state index contributed by atoms with van der Waals surface area (Å²) in [6.07, 6.45) is 2.22. The number of carbonyl (C=O) groups is 1. The van der Waals surface area contributed by atoms with E-state index in [1.54, 1.807) is 0 Å². The van der Waals surface area contributed by atoms with Gasteiger partial charge in [-0.05, 0) is 31.9 Å². The summed E-state index contributed by atoms with van der Waals surface area (Å²) in [4.78, 5) is 15.8. The Labute approximate surface area is 106 Å². The van der Waals surface area contributed by atoms with Gasteiger partial charge in [0.2, 0.25) is 0 Å². The SMILES string of the molecule is CC1CCCN1C(=O)c1ccc(C#CCN)s1. The molecule has 1 atom stereocenters. The number of hydrogen-bond donors (Lipinski definition) is 1. The molecule has 0 aliphatic carbocycles. The number of amides is 1. The van der Waals surface area contributed by atoms with E-state index in [2.05, 4.69) is 18.8 Å². The first-order valence-electron chi connectivity index (χ1n) is 5.82. The van der Waals surface area contributed by atoms with Gasteiger partial charge in [-0.25, -0.2) is 0 Å². The predicted octanol–water partition coefficient (Wildman–Crippen LogP) is 1.68. The summed E-state index contributed by atoms with van der Waals surface area (Å²) >= 11 is 1.45.